The van der Waals surface area contributed by atoms with Crippen molar-refractivity contribution in [3.8, 4) is 0 Å². The monoisotopic (exact) mass is 205 g/mol. The maximum Gasteiger partial charge on any atom is 0.308 e. The lowest BCUT2D eigenvalue weighted by atomic mass is 9.99. The fourth-order valence-electron chi connectivity index (χ4n) is 1.59. The van der Waals surface area contributed by atoms with Gasteiger partial charge in [-0.2, -0.15) is 0 Å². The summed E-state index contributed by atoms with van der Waals surface area (Å²) in [5, 5.41) is 8.83. The predicted octanol–water partition coefficient (Wildman–Crippen LogP) is 0.323. The Balaban J connectivity index is 2.59. The Morgan fingerprint density at radius 1 is 1.62 bits per heavy atom. The van der Waals surface area contributed by atoms with Gasteiger partial charge in [-0.15, -0.1) is 0 Å². The van der Waals surface area contributed by atoms with Crippen molar-refractivity contribution in [1.82, 2.24) is 4.31 Å². The summed E-state index contributed by atoms with van der Waals surface area (Å²) in [5.41, 5.74) is 0. The van der Waals surface area contributed by atoms with Crippen LogP contribution in [-0.4, -0.2) is 38.4 Å². The number of hydrogen-bond acceptors (Lipinski definition) is 2. The van der Waals surface area contributed by atoms with Gasteiger partial charge >= 0.3 is 5.97 Å². The highest BCUT2D eigenvalue weighted by Gasteiger charge is 2.36. The molecule has 1 aliphatic rings. The van der Waals surface area contributed by atoms with Crippen LogP contribution < -0.4 is 0 Å². The number of aliphatic carboxylic acids is 1. The van der Waals surface area contributed by atoms with Gasteiger partial charge in [-0.3, -0.25) is 4.79 Å². The van der Waals surface area contributed by atoms with Crippen LogP contribution in [0.3, 0.4) is 0 Å². The fourth-order valence-corrected chi connectivity index (χ4v) is 2.69. The van der Waals surface area contributed by atoms with Gasteiger partial charge in [0.05, 0.1) is 16.9 Å². The van der Waals surface area contributed by atoms with E-state index in [0.717, 1.165) is 0 Å². The number of carbonyl (C=O) groups is 1. The Kier molecular flexibility index (Phi) is 3.44. The van der Waals surface area contributed by atoms with E-state index in [9.17, 15) is 9.00 Å². The first-order chi connectivity index (χ1) is 6.06. The molecule has 0 saturated carbocycles. The molecule has 1 N–H and O–H groups in total. The van der Waals surface area contributed by atoms with E-state index in [1.54, 1.807) is 4.31 Å². The second kappa shape index (κ2) is 4.19. The standard InChI is InChI=1S/C8H15NO3S/c1-3-13(12)9-4-6(2)7(5-9)8(10)11/h6-7H,3-5H2,1-2H3,(H,10,11). The van der Waals surface area contributed by atoms with Gasteiger partial charge in [-0.25, -0.2) is 8.51 Å². The van der Waals surface area contributed by atoms with Crippen molar-refractivity contribution in [3.63, 3.8) is 0 Å². The molecular formula is C8H15NO3S. The summed E-state index contributed by atoms with van der Waals surface area (Å²) >= 11 is 0. The van der Waals surface area contributed by atoms with Crippen LogP contribution in [0.25, 0.3) is 0 Å². The van der Waals surface area contributed by atoms with E-state index in [0.29, 0.717) is 18.8 Å². The minimum Gasteiger partial charge on any atom is -0.481 e. The van der Waals surface area contributed by atoms with Crippen LogP contribution in [-0.2, 0) is 15.8 Å². The molecule has 4 nitrogen and oxygen atoms in total. The molecule has 1 heterocycles. The molecule has 1 rings (SSSR count). The van der Waals surface area contributed by atoms with E-state index in [4.69, 9.17) is 5.11 Å². The molecule has 5 heteroatoms. The van der Waals surface area contributed by atoms with Gasteiger partial charge in [0.25, 0.3) is 0 Å². The van der Waals surface area contributed by atoms with Gasteiger partial charge < -0.3 is 5.11 Å². The van der Waals surface area contributed by atoms with Gasteiger partial charge in [-0.05, 0) is 5.92 Å². The molecule has 0 aromatic heterocycles. The third-order valence-electron chi connectivity index (χ3n) is 2.43. The lowest BCUT2D eigenvalue weighted by Gasteiger charge is -2.11. The third kappa shape index (κ3) is 2.28. The Morgan fingerprint density at radius 3 is 2.62 bits per heavy atom. The highest BCUT2D eigenvalue weighted by Crippen LogP contribution is 2.24. The van der Waals surface area contributed by atoms with Crippen LogP contribution in [0.4, 0.5) is 0 Å². The number of carboxylic acids is 1. The maximum atomic E-state index is 11.4. The minimum absolute atomic E-state index is 0.105. The van der Waals surface area contributed by atoms with Crippen LogP contribution in [0.2, 0.25) is 0 Å². The molecule has 3 unspecified atom stereocenters. The molecule has 3 atom stereocenters. The molecule has 0 aromatic rings. The number of hydrogen-bond donors (Lipinski definition) is 1. The summed E-state index contributed by atoms with van der Waals surface area (Å²) < 4.78 is 13.1. The zero-order chi connectivity index (χ0) is 10.0. The molecule has 76 valence electrons. The average Bonchev–Trinajstić information content (AvgIpc) is 2.46. The quantitative estimate of drug-likeness (QED) is 0.722. The molecule has 1 aliphatic heterocycles. The predicted molar refractivity (Wildman–Crippen MR) is 50.5 cm³/mol. The van der Waals surface area contributed by atoms with E-state index in [1.807, 2.05) is 13.8 Å². The highest BCUT2D eigenvalue weighted by molar-refractivity contribution is 7.82. The number of nitrogens with zero attached hydrogens (tertiary/aromatic N) is 1. The van der Waals surface area contributed by atoms with Crippen molar-refractivity contribution >= 4 is 17.0 Å². The molecule has 0 amide bonds. The third-order valence-corrected chi connectivity index (χ3v) is 3.80. The van der Waals surface area contributed by atoms with E-state index >= 15 is 0 Å². The molecular weight excluding hydrogens is 190 g/mol. The van der Waals surface area contributed by atoms with Gasteiger partial charge in [0, 0.05) is 18.8 Å². The topological polar surface area (TPSA) is 57.6 Å². The minimum atomic E-state index is -0.990. The van der Waals surface area contributed by atoms with Crippen molar-refractivity contribution in [1.29, 1.82) is 0 Å². The summed E-state index contributed by atoms with van der Waals surface area (Å²) in [7, 11) is -0.990. The molecule has 1 fully saturated rings. The Hall–Kier alpha value is -0.420. The van der Waals surface area contributed by atoms with Crippen LogP contribution in [0.15, 0.2) is 0 Å². The van der Waals surface area contributed by atoms with Gasteiger partial charge in [0.2, 0.25) is 0 Å². The van der Waals surface area contributed by atoms with E-state index < -0.39 is 17.0 Å². The molecule has 0 spiro atoms. The Labute approximate surface area is 80.5 Å². The highest BCUT2D eigenvalue weighted by atomic mass is 32.2. The van der Waals surface area contributed by atoms with Crippen molar-refractivity contribution in [3.05, 3.63) is 0 Å². The summed E-state index contributed by atoms with van der Waals surface area (Å²) in [6.07, 6.45) is 0. The fraction of sp³-hybridized carbons (Fsp3) is 0.875. The van der Waals surface area contributed by atoms with E-state index in [-0.39, 0.29) is 11.8 Å². The van der Waals surface area contributed by atoms with Crippen LogP contribution >= 0.6 is 0 Å². The summed E-state index contributed by atoms with van der Waals surface area (Å²) in [4.78, 5) is 10.7. The lowest BCUT2D eigenvalue weighted by Crippen LogP contribution is -2.26. The molecule has 1 saturated heterocycles. The van der Waals surface area contributed by atoms with E-state index in [1.165, 1.54) is 0 Å². The first-order valence-electron chi connectivity index (χ1n) is 4.42. The van der Waals surface area contributed by atoms with Crippen LogP contribution in [0.1, 0.15) is 13.8 Å². The summed E-state index contributed by atoms with van der Waals surface area (Å²) in [6.45, 7) is 4.80. The van der Waals surface area contributed by atoms with Crippen LogP contribution in [0, 0.1) is 11.8 Å². The summed E-state index contributed by atoms with van der Waals surface area (Å²) in [6, 6.07) is 0. The second-order valence-electron chi connectivity index (χ2n) is 3.38. The van der Waals surface area contributed by atoms with Gasteiger partial charge in [0.15, 0.2) is 0 Å². The molecule has 0 aromatic carbocycles. The van der Waals surface area contributed by atoms with Crippen molar-refractivity contribution < 1.29 is 14.1 Å². The number of rotatable bonds is 3. The maximum absolute atomic E-state index is 11.4. The van der Waals surface area contributed by atoms with Crippen LogP contribution in [0.5, 0.6) is 0 Å². The van der Waals surface area contributed by atoms with Gasteiger partial charge in [0.1, 0.15) is 0 Å². The molecule has 0 aliphatic carbocycles. The Morgan fingerprint density at radius 2 is 2.23 bits per heavy atom. The largest absolute Gasteiger partial charge is 0.481 e. The zero-order valence-electron chi connectivity index (χ0n) is 7.90. The first-order valence-corrected chi connectivity index (χ1v) is 5.70. The van der Waals surface area contributed by atoms with E-state index in [2.05, 4.69) is 0 Å². The smallest absolute Gasteiger partial charge is 0.308 e. The first kappa shape index (κ1) is 10.7. The van der Waals surface area contributed by atoms with Gasteiger partial charge in [-0.1, -0.05) is 13.8 Å². The molecule has 0 radical (unpaired) electrons. The zero-order valence-corrected chi connectivity index (χ0v) is 8.71. The van der Waals surface area contributed by atoms with Crippen molar-refractivity contribution in [2.24, 2.45) is 11.8 Å². The normalized spacial score (nSPS) is 31.8. The van der Waals surface area contributed by atoms with Crippen molar-refractivity contribution in [2.45, 2.75) is 13.8 Å². The number of carboxylic acid groups (broad SMARTS) is 1. The molecule has 0 bridgehead atoms. The summed E-state index contributed by atoms with van der Waals surface area (Å²) in [5.74, 6) is -0.453. The average molecular weight is 205 g/mol. The SMILES string of the molecule is CCS(=O)N1CC(C)C(C(=O)O)C1. The second-order valence-corrected chi connectivity index (χ2v) is 5.12. The Bertz CT molecular complexity index is 231. The lowest BCUT2D eigenvalue weighted by molar-refractivity contribution is -0.142. The molecule has 13 heavy (non-hydrogen) atoms. The van der Waals surface area contributed by atoms with Crippen molar-refractivity contribution in [2.75, 3.05) is 18.8 Å².